The third kappa shape index (κ3) is 5.36. The number of hydrogen-bond acceptors (Lipinski definition) is 4. The van der Waals surface area contributed by atoms with E-state index in [9.17, 15) is 4.79 Å². The third-order valence-electron chi connectivity index (χ3n) is 4.54. The quantitative estimate of drug-likeness (QED) is 0.375. The molecule has 0 saturated heterocycles. The summed E-state index contributed by atoms with van der Waals surface area (Å²) in [5, 5.41) is 0. The molecule has 1 atom stereocenters. The maximum absolute atomic E-state index is 11.4. The molecule has 0 aromatic heterocycles. The summed E-state index contributed by atoms with van der Waals surface area (Å²) in [5.74, 6) is 1.56. The van der Waals surface area contributed by atoms with E-state index in [4.69, 9.17) is 14.2 Å². The van der Waals surface area contributed by atoms with Crippen LogP contribution in [-0.4, -0.2) is 26.3 Å². The van der Waals surface area contributed by atoms with E-state index in [-0.39, 0.29) is 12.5 Å². The Morgan fingerprint density at radius 2 is 1.56 bits per heavy atom. The Labute approximate surface area is 161 Å². The second-order valence-electron chi connectivity index (χ2n) is 6.74. The van der Waals surface area contributed by atoms with Gasteiger partial charge in [-0.15, -0.1) is 0 Å². The van der Waals surface area contributed by atoms with E-state index in [2.05, 4.69) is 44.7 Å². The van der Waals surface area contributed by atoms with Crippen molar-refractivity contribution in [3.8, 4) is 11.5 Å². The normalized spacial score (nSPS) is 11.6. The number of carbonyl (C=O) groups excluding carboxylic acids is 1. The summed E-state index contributed by atoms with van der Waals surface area (Å²) in [7, 11) is 1.69. The van der Waals surface area contributed by atoms with Gasteiger partial charge in [0.2, 0.25) is 0 Å². The Hall–Kier alpha value is -2.75. The first-order chi connectivity index (χ1) is 12.8. The molecule has 27 heavy (non-hydrogen) atoms. The fourth-order valence-corrected chi connectivity index (χ4v) is 2.88. The van der Waals surface area contributed by atoms with Crippen LogP contribution in [0.25, 0.3) is 0 Å². The first-order valence-corrected chi connectivity index (χ1v) is 9.04. The van der Waals surface area contributed by atoms with Crippen LogP contribution in [0, 0.1) is 13.8 Å². The number of carbonyl (C=O) groups is 1. The first-order valence-electron chi connectivity index (χ1n) is 9.04. The molecule has 2 aromatic carbocycles. The summed E-state index contributed by atoms with van der Waals surface area (Å²) in [6, 6.07) is 12.5. The maximum Gasteiger partial charge on any atom is 0.333 e. The topological polar surface area (TPSA) is 44.8 Å². The molecular formula is C23H28O4. The Kier molecular flexibility index (Phi) is 7.05. The van der Waals surface area contributed by atoms with Crippen LogP contribution in [0.4, 0.5) is 0 Å². The number of methoxy groups -OCH3 is 1. The van der Waals surface area contributed by atoms with Gasteiger partial charge < -0.3 is 14.2 Å². The van der Waals surface area contributed by atoms with Crippen molar-refractivity contribution in [2.75, 3.05) is 20.3 Å². The van der Waals surface area contributed by atoms with Gasteiger partial charge in [-0.2, -0.15) is 0 Å². The zero-order chi connectivity index (χ0) is 20.0. The molecule has 0 N–H and O–H groups in total. The number of hydrogen-bond donors (Lipinski definition) is 0. The highest BCUT2D eigenvalue weighted by Crippen LogP contribution is 2.30. The van der Waals surface area contributed by atoms with Crippen molar-refractivity contribution < 1.29 is 19.0 Å². The van der Waals surface area contributed by atoms with Gasteiger partial charge in [0.1, 0.15) is 24.7 Å². The SMILES string of the molecule is C=C(C)C(=O)OCCOc1ccc(C(C)c2ccc(OC)c(C)c2)cc1C. The number of esters is 1. The fraction of sp³-hybridized carbons (Fsp3) is 0.348. The Balaban J connectivity index is 2.02. The molecule has 1 unspecified atom stereocenters. The Morgan fingerprint density at radius 3 is 2.04 bits per heavy atom. The molecule has 0 radical (unpaired) electrons. The minimum absolute atomic E-state index is 0.203. The van der Waals surface area contributed by atoms with Crippen LogP contribution in [0.1, 0.15) is 42.0 Å². The number of aryl methyl sites for hydroxylation is 2. The minimum atomic E-state index is -0.394. The van der Waals surface area contributed by atoms with Crippen LogP contribution in [0.15, 0.2) is 48.6 Å². The molecule has 4 heteroatoms. The molecule has 4 nitrogen and oxygen atoms in total. The van der Waals surface area contributed by atoms with Gasteiger partial charge in [-0.3, -0.25) is 0 Å². The molecule has 0 heterocycles. The van der Waals surface area contributed by atoms with Gasteiger partial charge in [0.25, 0.3) is 0 Å². The molecule has 2 rings (SSSR count). The van der Waals surface area contributed by atoms with Crippen molar-refractivity contribution in [3.63, 3.8) is 0 Å². The van der Waals surface area contributed by atoms with Crippen LogP contribution in [0.5, 0.6) is 11.5 Å². The number of rotatable bonds is 8. The van der Waals surface area contributed by atoms with E-state index in [0.717, 1.165) is 22.6 Å². The second kappa shape index (κ2) is 9.26. The zero-order valence-electron chi connectivity index (χ0n) is 16.8. The average molecular weight is 368 g/mol. The highest BCUT2D eigenvalue weighted by Gasteiger charge is 2.12. The molecule has 0 spiro atoms. The summed E-state index contributed by atoms with van der Waals surface area (Å²) in [6.45, 7) is 11.9. The van der Waals surface area contributed by atoms with E-state index in [1.54, 1.807) is 14.0 Å². The van der Waals surface area contributed by atoms with Crippen molar-refractivity contribution in [2.45, 2.75) is 33.6 Å². The predicted octanol–water partition coefficient (Wildman–Crippen LogP) is 4.96. The first kappa shape index (κ1) is 20.6. The van der Waals surface area contributed by atoms with E-state index in [1.807, 2.05) is 19.1 Å². The minimum Gasteiger partial charge on any atom is -0.496 e. The van der Waals surface area contributed by atoms with Crippen LogP contribution in [0.2, 0.25) is 0 Å². The van der Waals surface area contributed by atoms with Crippen molar-refractivity contribution in [2.24, 2.45) is 0 Å². The van der Waals surface area contributed by atoms with Gasteiger partial charge in [-0.25, -0.2) is 4.79 Å². The van der Waals surface area contributed by atoms with Gasteiger partial charge in [-0.05, 0) is 55.2 Å². The molecule has 0 amide bonds. The second-order valence-corrected chi connectivity index (χ2v) is 6.74. The van der Waals surface area contributed by atoms with Crippen molar-refractivity contribution >= 4 is 5.97 Å². The lowest BCUT2D eigenvalue weighted by Gasteiger charge is -2.17. The summed E-state index contributed by atoms with van der Waals surface area (Å²) in [4.78, 5) is 11.4. The molecular weight excluding hydrogens is 340 g/mol. The Bertz CT molecular complexity index is 823. The smallest absolute Gasteiger partial charge is 0.333 e. The van der Waals surface area contributed by atoms with E-state index in [0.29, 0.717) is 12.2 Å². The predicted molar refractivity (Wildman–Crippen MR) is 108 cm³/mol. The van der Waals surface area contributed by atoms with Crippen molar-refractivity contribution in [1.29, 1.82) is 0 Å². The molecule has 0 aliphatic carbocycles. The van der Waals surface area contributed by atoms with Crippen molar-refractivity contribution in [1.82, 2.24) is 0 Å². The standard InChI is InChI=1S/C23H28O4/c1-15(2)23(24)27-12-11-26-22-10-8-20(14-17(22)4)18(5)19-7-9-21(25-6)16(3)13-19/h7-10,13-14,18H,1,11-12H2,2-6H3. The van der Waals surface area contributed by atoms with E-state index in [1.165, 1.54) is 11.1 Å². The van der Waals surface area contributed by atoms with E-state index >= 15 is 0 Å². The van der Waals surface area contributed by atoms with Gasteiger partial charge in [0.05, 0.1) is 7.11 Å². The number of ether oxygens (including phenoxy) is 3. The van der Waals surface area contributed by atoms with E-state index < -0.39 is 5.97 Å². The average Bonchev–Trinajstić information content (AvgIpc) is 2.65. The summed E-state index contributed by atoms with van der Waals surface area (Å²) in [5.41, 5.74) is 5.03. The lowest BCUT2D eigenvalue weighted by atomic mass is 9.91. The largest absolute Gasteiger partial charge is 0.496 e. The lowest BCUT2D eigenvalue weighted by molar-refractivity contribution is -0.139. The highest BCUT2D eigenvalue weighted by molar-refractivity contribution is 5.86. The lowest BCUT2D eigenvalue weighted by Crippen LogP contribution is -2.12. The van der Waals surface area contributed by atoms with Gasteiger partial charge in [0, 0.05) is 11.5 Å². The summed E-state index contributed by atoms with van der Waals surface area (Å²) in [6.07, 6.45) is 0. The molecule has 2 aromatic rings. The molecule has 0 aliphatic heterocycles. The van der Waals surface area contributed by atoms with Gasteiger partial charge in [-0.1, -0.05) is 37.8 Å². The zero-order valence-corrected chi connectivity index (χ0v) is 16.8. The van der Waals surface area contributed by atoms with Crippen LogP contribution >= 0.6 is 0 Å². The summed E-state index contributed by atoms with van der Waals surface area (Å²) < 4.78 is 16.1. The molecule has 0 aliphatic rings. The monoisotopic (exact) mass is 368 g/mol. The molecule has 0 saturated carbocycles. The van der Waals surface area contributed by atoms with Gasteiger partial charge >= 0.3 is 5.97 Å². The van der Waals surface area contributed by atoms with Crippen molar-refractivity contribution in [3.05, 3.63) is 70.8 Å². The fourth-order valence-electron chi connectivity index (χ4n) is 2.88. The van der Waals surface area contributed by atoms with Crippen LogP contribution in [0.3, 0.4) is 0 Å². The maximum atomic E-state index is 11.4. The number of benzene rings is 2. The third-order valence-corrected chi connectivity index (χ3v) is 4.54. The van der Waals surface area contributed by atoms with Gasteiger partial charge in [0.15, 0.2) is 0 Å². The Morgan fingerprint density at radius 1 is 1.00 bits per heavy atom. The highest BCUT2D eigenvalue weighted by atomic mass is 16.6. The van der Waals surface area contributed by atoms with Crippen LogP contribution in [-0.2, 0) is 9.53 Å². The summed E-state index contributed by atoms with van der Waals surface area (Å²) >= 11 is 0. The molecule has 0 bridgehead atoms. The van der Waals surface area contributed by atoms with Crippen LogP contribution < -0.4 is 9.47 Å². The molecule has 0 fully saturated rings. The molecule has 144 valence electrons.